The molecule has 2 aromatic rings. The van der Waals surface area contributed by atoms with Crippen molar-refractivity contribution in [3.05, 3.63) is 53.8 Å². The standard InChI is InChI=1S/C19H19FN2O4/c1-25-17-7-5-13(11-16(17)20)6-8-18(23)21-14-3-2-4-15(12-14)22-9-10-26-19(22)24/h2-5,7,11-12H,6,8-10H2,1H3,(H,21,23). The molecule has 1 aliphatic rings. The summed E-state index contributed by atoms with van der Waals surface area (Å²) in [5.74, 6) is -0.464. The number of amides is 2. The number of nitrogens with zero attached hydrogens (tertiary/aromatic N) is 1. The molecular formula is C19H19FN2O4. The van der Waals surface area contributed by atoms with Crippen molar-refractivity contribution < 1.29 is 23.5 Å². The van der Waals surface area contributed by atoms with E-state index in [1.165, 1.54) is 18.1 Å². The summed E-state index contributed by atoms with van der Waals surface area (Å²) >= 11 is 0. The van der Waals surface area contributed by atoms with Crippen molar-refractivity contribution in [2.75, 3.05) is 30.5 Å². The third kappa shape index (κ3) is 4.11. The van der Waals surface area contributed by atoms with Gasteiger partial charge in [-0.1, -0.05) is 12.1 Å². The van der Waals surface area contributed by atoms with Crippen molar-refractivity contribution in [2.45, 2.75) is 12.8 Å². The first-order valence-corrected chi connectivity index (χ1v) is 8.23. The fourth-order valence-corrected chi connectivity index (χ4v) is 2.73. The van der Waals surface area contributed by atoms with Crippen molar-refractivity contribution in [3.63, 3.8) is 0 Å². The van der Waals surface area contributed by atoms with Gasteiger partial charge in [0.1, 0.15) is 6.61 Å². The van der Waals surface area contributed by atoms with Crippen LogP contribution in [0.3, 0.4) is 0 Å². The van der Waals surface area contributed by atoms with Gasteiger partial charge in [0.2, 0.25) is 5.91 Å². The van der Waals surface area contributed by atoms with Gasteiger partial charge in [0.25, 0.3) is 0 Å². The SMILES string of the molecule is COc1ccc(CCC(=O)Nc2cccc(N3CCOC3=O)c2)cc1F. The van der Waals surface area contributed by atoms with Gasteiger partial charge in [0.15, 0.2) is 11.6 Å². The summed E-state index contributed by atoms with van der Waals surface area (Å²) in [6.45, 7) is 0.840. The number of cyclic esters (lactones) is 1. The summed E-state index contributed by atoms with van der Waals surface area (Å²) in [5.41, 5.74) is 1.97. The summed E-state index contributed by atoms with van der Waals surface area (Å²) in [7, 11) is 1.40. The molecule has 2 aromatic carbocycles. The number of hydrogen-bond acceptors (Lipinski definition) is 4. The minimum atomic E-state index is -0.449. The molecule has 0 aromatic heterocycles. The molecule has 7 heteroatoms. The van der Waals surface area contributed by atoms with Crippen molar-refractivity contribution in [3.8, 4) is 5.75 Å². The Kier molecular flexibility index (Phi) is 5.36. The van der Waals surface area contributed by atoms with Crippen LogP contribution in [0.1, 0.15) is 12.0 Å². The van der Waals surface area contributed by atoms with E-state index in [1.54, 1.807) is 36.4 Å². The molecule has 0 aliphatic carbocycles. The van der Waals surface area contributed by atoms with E-state index >= 15 is 0 Å². The molecule has 1 aliphatic heterocycles. The Balaban J connectivity index is 1.58. The fourth-order valence-electron chi connectivity index (χ4n) is 2.73. The molecule has 0 spiro atoms. The molecule has 136 valence electrons. The Morgan fingerprint density at radius 1 is 1.31 bits per heavy atom. The van der Waals surface area contributed by atoms with Gasteiger partial charge in [-0.15, -0.1) is 0 Å². The van der Waals surface area contributed by atoms with Gasteiger partial charge < -0.3 is 14.8 Å². The van der Waals surface area contributed by atoms with E-state index in [1.807, 2.05) is 0 Å². The second kappa shape index (κ2) is 7.86. The summed E-state index contributed by atoms with van der Waals surface area (Å²) in [5, 5.41) is 2.79. The molecule has 2 amide bonds. The smallest absolute Gasteiger partial charge is 0.414 e. The predicted molar refractivity (Wildman–Crippen MR) is 95.0 cm³/mol. The van der Waals surface area contributed by atoms with Gasteiger partial charge in [-0.25, -0.2) is 9.18 Å². The van der Waals surface area contributed by atoms with Crippen molar-refractivity contribution >= 4 is 23.4 Å². The van der Waals surface area contributed by atoms with Gasteiger partial charge in [-0.05, 0) is 42.3 Å². The van der Waals surface area contributed by atoms with Crippen LogP contribution in [0.2, 0.25) is 0 Å². The number of rotatable bonds is 6. The highest BCUT2D eigenvalue weighted by Crippen LogP contribution is 2.23. The number of methoxy groups -OCH3 is 1. The van der Waals surface area contributed by atoms with E-state index in [0.29, 0.717) is 36.5 Å². The third-order valence-electron chi connectivity index (χ3n) is 4.06. The number of benzene rings is 2. The zero-order valence-corrected chi connectivity index (χ0v) is 14.3. The zero-order chi connectivity index (χ0) is 18.5. The average Bonchev–Trinajstić information content (AvgIpc) is 3.06. The molecule has 0 unspecified atom stereocenters. The average molecular weight is 358 g/mol. The molecule has 0 saturated carbocycles. The maximum absolute atomic E-state index is 13.7. The number of ether oxygens (including phenoxy) is 2. The maximum Gasteiger partial charge on any atom is 0.414 e. The summed E-state index contributed by atoms with van der Waals surface area (Å²) < 4.78 is 23.5. The highest BCUT2D eigenvalue weighted by Gasteiger charge is 2.23. The minimum Gasteiger partial charge on any atom is -0.494 e. The van der Waals surface area contributed by atoms with Crippen LogP contribution in [0.4, 0.5) is 20.6 Å². The lowest BCUT2D eigenvalue weighted by Crippen LogP contribution is -2.23. The Bertz CT molecular complexity index is 825. The number of anilines is 2. The molecule has 0 radical (unpaired) electrons. The predicted octanol–water partition coefficient (Wildman–Crippen LogP) is 3.36. The van der Waals surface area contributed by atoms with E-state index < -0.39 is 11.9 Å². The number of nitrogens with one attached hydrogen (secondary N) is 1. The summed E-state index contributed by atoms with van der Waals surface area (Å²) in [6, 6.07) is 11.6. The monoisotopic (exact) mass is 358 g/mol. The Morgan fingerprint density at radius 3 is 2.85 bits per heavy atom. The second-order valence-corrected chi connectivity index (χ2v) is 5.83. The van der Waals surface area contributed by atoms with Gasteiger partial charge in [0.05, 0.1) is 13.7 Å². The van der Waals surface area contributed by atoms with Crippen LogP contribution in [0, 0.1) is 5.82 Å². The Hall–Kier alpha value is -3.09. The Labute approximate surface area is 150 Å². The van der Waals surface area contributed by atoms with E-state index in [2.05, 4.69) is 5.32 Å². The maximum atomic E-state index is 13.7. The van der Waals surface area contributed by atoms with E-state index in [4.69, 9.17) is 9.47 Å². The van der Waals surface area contributed by atoms with Gasteiger partial charge >= 0.3 is 6.09 Å². The van der Waals surface area contributed by atoms with Crippen LogP contribution in [0.25, 0.3) is 0 Å². The molecule has 1 heterocycles. The molecule has 3 rings (SSSR count). The number of carbonyl (C=O) groups excluding carboxylic acids is 2. The lowest BCUT2D eigenvalue weighted by Gasteiger charge is -2.14. The van der Waals surface area contributed by atoms with Gasteiger partial charge in [-0.3, -0.25) is 9.69 Å². The summed E-state index contributed by atoms with van der Waals surface area (Å²) in [4.78, 5) is 25.3. The zero-order valence-electron chi connectivity index (χ0n) is 14.3. The first-order valence-electron chi connectivity index (χ1n) is 8.23. The van der Waals surface area contributed by atoms with Crippen LogP contribution in [0.15, 0.2) is 42.5 Å². The van der Waals surface area contributed by atoms with E-state index in [0.717, 1.165) is 0 Å². The molecule has 0 atom stereocenters. The first kappa shape index (κ1) is 17.7. The van der Waals surface area contributed by atoms with Crippen molar-refractivity contribution in [1.29, 1.82) is 0 Å². The van der Waals surface area contributed by atoms with Crippen LogP contribution < -0.4 is 15.0 Å². The van der Waals surface area contributed by atoms with Crippen molar-refractivity contribution in [2.24, 2.45) is 0 Å². The molecule has 6 nitrogen and oxygen atoms in total. The van der Waals surface area contributed by atoms with E-state index in [-0.39, 0.29) is 18.1 Å². The fraction of sp³-hybridized carbons (Fsp3) is 0.263. The first-order chi connectivity index (χ1) is 12.6. The van der Waals surface area contributed by atoms with Gasteiger partial charge in [0, 0.05) is 17.8 Å². The van der Waals surface area contributed by atoms with Gasteiger partial charge in [-0.2, -0.15) is 0 Å². The largest absolute Gasteiger partial charge is 0.494 e. The van der Waals surface area contributed by atoms with Crippen LogP contribution >= 0.6 is 0 Å². The molecule has 1 fully saturated rings. The Morgan fingerprint density at radius 2 is 2.15 bits per heavy atom. The minimum absolute atomic E-state index is 0.176. The van der Waals surface area contributed by atoms with Crippen LogP contribution in [0.5, 0.6) is 5.75 Å². The molecule has 1 N–H and O–H groups in total. The molecule has 1 saturated heterocycles. The normalized spacial score (nSPS) is 13.5. The molecule has 0 bridgehead atoms. The summed E-state index contributed by atoms with van der Waals surface area (Å²) in [6.07, 6.45) is 0.224. The number of halogens is 1. The van der Waals surface area contributed by atoms with E-state index in [9.17, 15) is 14.0 Å². The van der Waals surface area contributed by atoms with Crippen LogP contribution in [-0.4, -0.2) is 32.3 Å². The number of carbonyl (C=O) groups is 2. The highest BCUT2D eigenvalue weighted by atomic mass is 19.1. The number of hydrogen-bond donors (Lipinski definition) is 1. The van der Waals surface area contributed by atoms with Crippen LogP contribution in [-0.2, 0) is 16.0 Å². The topological polar surface area (TPSA) is 67.9 Å². The third-order valence-corrected chi connectivity index (χ3v) is 4.06. The second-order valence-electron chi connectivity index (χ2n) is 5.83. The lowest BCUT2D eigenvalue weighted by atomic mass is 10.1. The highest BCUT2D eigenvalue weighted by molar-refractivity contribution is 5.93. The quantitative estimate of drug-likeness (QED) is 0.860. The number of aryl methyl sites for hydroxylation is 1. The van der Waals surface area contributed by atoms with Crippen molar-refractivity contribution in [1.82, 2.24) is 0 Å². The molecule has 26 heavy (non-hydrogen) atoms. The molecular weight excluding hydrogens is 339 g/mol. The lowest BCUT2D eigenvalue weighted by molar-refractivity contribution is -0.116.